The first-order valence-corrected chi connectivity index (χ1v) is 3.18. The van der Waals surface area contributed by atoms with Gasteiger partial charge in [0, 0.05) is 0 Å². The van der Waals surface area contributed by atoms with Gasteiger partial charge in [0.1, 0.15) is 0 Å². The Hall–Kier alpha value is -0.320. The zero-order valence-corrected chi connectivity index (χ0v) is 7.26. The lowest BCUT2D eigenvalue weighted by molar-refractivity contribution is -0.150. The highest BCUT2D eigenvalue weighted by atomic mass is 35.5. The van der Waals surface area contributed by atoms with Gasteiger partial charge in [-0.1, -0.05) is 0 Å². The number of aliphatic hydroxyl groups is 1. The van der Waals surface area contributed by atoms with Gasteiger partial charge in [-0.2, -0.15) is 0 Å². The minimum Gasteiger partial charge on any atom is -0.467 e. The summed E-state index contributed by atoms with van der Waals surface area (Å²) >= 11 is 0. The van der Waals surface area contributed by atoms with Crippen LogP contribution in [0.5, 0.6) is 0 Å². The van der Waals surface area contributed by atoms with Crippen molar-refractivity contribution in [2.45, 2.75) is 18.9 Å². The smallest absolute Gasteiger partial charge is 0.334 e. The number of ether oxygens (including phenoxy) is 1. The van der Waals surface area contributed by atoms with Gasteiger partial charge in [-0.25, -0.2) is 4.79 Å². The normalized spacial score (nSPS) is 11.5. The molecule has 1 unspecified atom stereocenters. The van der Waals surface area contributed by atoms with Gasteiger partial charge in [-0.05, 0) is 19.4 Å². The second-order valence-electron chi connectivity index (χ2n) is 1.97. The fourth-order valence-electron chi connectivity index (χ4n) is 0.565. The average molecular weight is 184 g/mol. The SMILES string of the molecule is COC(=O)C(O)CCCN.Cl. The predicted molar refractivity (Wildman–Crippen MR) is 43.6 cm³/mol. The van der Waals surface area contributed by atoms with Crippen LogP contribution in [-0.2, 0) is 9.53 Å². The van der Waals surface area contributed by atoms with Crippen LogP contribution in [-0.4, -0.2) is 30.8 Å². The predicted octanol–water partition coefficient (Wildman–Crippen LogP) is -0.319. The number of carbonyl (C=O) groups excluding carboxylic acids is 1. The number of aliphatic hydroxyl groups excluding tert-OH is 1. The van der Waals surface area contributed by atoms with E-state index < -0.39 is 12.1 Å². The molecule has 0 aliphatic carbocycles. The fourth-order valence-corrected chi connectivity index (χ4v) is 0.565. The molecule has 0 aromatic heterocycles. The third-order valence-electron chi connectivity index (χ3n) is 1.15. The number of halogens is 1. The second kappa shape index (κ2) is 7.78. The molecule has 5 heteroatoms. The molecule has 0 aliphatic rings. The first-order chi connectivity index (χ1) is 4.72. The summed E-state index contributed by atoms with van der Waals surface area (Å²) in [6, 6.07) is 0. The number of rotatable bonds is 4. The minimum atomic E-state index is -1.01. The number of hydrogen-bond acceptors (Lipinski definition) is 4. The van der Waals surface area contributed by atoms with Crippen molar-refractivity contribution in [2.24, 2.45) is 5.73 Å². The van der Waals surface area contributed by atoms with Gasteiger partial charge in [0.05, 0.1) is 7.11 Å². The molecule has 0 fully saturated rings. The maximum absolute atomic E-state index is 10.5. The van der Waals surface area contributed by atoms with Crippen molar-refractivity contribution in [3.05, 3.63) is 0 Å². The summed E-state index contributed by atoms with van der Waals surface area (Å²) in [5.74, 6) is -0.589. The van der Waals surface area contributed by atoms with E-state index in [-0.39, 0.29) is 12.4 Å². The maximum atomic E-state index is 10.5. The summed E-state index contributed by atoms with van der Waals surface area (Å²) in [5, 5.41) is 8.92. The van der Waals surface area contributed by atoms with Crippen LogP contribution in [0.15, 0.2) is 0 Å². The lowest BCUT2D eigenvalue weighted by Gasteiger charge is -2.05. The molecule has 0 amide bonds. The van der Waals surface area contributed by atoms with E-state index in [2.05, 4.69) is 4.74 Å². The molecule has 0 radical (unpaired) electrons. The molecule has 0 aromatic carbocycles. The molecule has 0 spiro atoms. The van der Waals surface area contributed by atoms with Crippen molar-refractivity contribution in [1.82, 2.24) is 0 Å². The Kier molecular flexibility index (Phi) is 9.40. The Balaban J connectivity index is 0. The van der Waals surface area contributed by atoms with Gasteiger partial charge in [-0.3, -0.25) is 0 Å². The molecule has 0 aliphatic heterocycles. The molecule has 0 saturated carbocycles. The van der Waals surface area contributed by atoms with Crippen LogP contribution in [0.1, 0.15) is 12.8 Å². The van der Waals surface area contributed by atoms with E-state index in [4.69, 9.17) is 10.8 Å². The average Bonchev–Trinajstić information content (AvgIpc) is 1.98. The van der Waals surface area contributed by atoms with Crippen LogP contribution in [0.25, 0.3) is 0 Å². The van der Waals surface area contributed by atoms with E-state index in [0.717, 1.165) is 0 Å². The van der Waals surface area contributed by atoms with Gasteiger partial charge in [0.25, 0.3) is 0 Å². The van der Waals surface area contributed by atoms with E-state index in [1.807, 2.05) is 0 Å². The number of methoxy groups -OCH3 is 1. The highest BCUT2D eigenvalue weighted by Crippen LogP contribution is 1.96. The lowest BCUT2D eigenvalue weighted by atomic mass is 10.2. The van der Waals surface area contributed by atoms with Crippen LogP contribution in [0, 0.1) is 0 Å². The topological polar surface area (TPSA) is 72.5 Å². The molecule has 3 N–H and O–H groups in total. The van der Waals surface area contributed by atoms with E-state index >= 15 is 0 Å². The van der Waals surface area contributed by atoms with E-state index in [9.17, 15) is 4.79 Å². The minimum absolute atomic E-state index is 0. The van der Waals surface area contributed by atoms with Crippen LogP contribution in [0.4, 0.5) is 0 Å². The Bertz CT molecular complexity index is 110. The van der Waals surface area contributed by atoms with E-state index in [0.29, 0.717) is 19.4 Å². The molecule has 0 aromatic rings. The molecular formula is C6H14ClNO3. The molecule has 1 atom stereocenters. The summed E-state index contributed by atoms with van der Waals surface area (Å²) < 4.78 is 4.28. The molecule has 0 saturated heterocycles. The molecule has 0 bridgehead atoms. The van der Waals surface area contributed by atoms with Gasteiger partial charge in [0.15, 0.2) is 6.10 Å². The Morgan fingerprint density at radius 1 is 1.73 bits per heavy atom. The Labute approximate surface area is 72.1 Å². The van der Waals surface area contributed by atoms with Crippen LogP contribution < -0.4 is 5.73 Å². The summed E-state index contributed by atoms with van der Waals surface area (Å²) in [7, 11) is 1.24. The zero-order valence-electron chi connectivity index (χ0n) is 6.45. The molecule has 4 nitrogen and oxygen atoms in total. The lowest BCUT2D eigenvalue weighted by Crippen LogP contribution is -2.22. The van der Waals surface area contributed by atoms with Gasteiger partial charge in [-0.15, -0.1) is 12.4 Å². The molecule has 0 heterocycles. The molecule has 68 valence electrons. The van der Waals surface area contributed by atoms with Crippen molar-refractivity contribution in [2.75, 3.05) is 13.7 Å². The molecule has 0 rings (SSSR count). The van der Waals surface area contributed by atoms with Gasteiger partial charge < -0.3 is 15.6 Å². The largest absolute Gasteiger partial charge is 0.467 e. The van der Waals surface area contributed by atoms with Crippen LogP contribution in [0.2, 0.25) is 0 Å². The van der Waals surface area contributed by atoms with Crippen molar-refractivity contribution < 1.29 is 14.6 Å². The van der Waals surface area contributed by atoms with Crippen molar-refractivity contribution >= 4 is 18.4 Å². The van der Waals surface area contributed by atoms with Crippen molar-refractivity contribution in [1.29, 1.82) is 0 Å². The zero-order chi connectivity index (χ0) is 7.98. The van der Waals surface area contributed by atoms with Gasteiger partial charge >= 0.3 is 5.97 Å². The highest BCUT2D eigenvalue weighted by molar-refractivity contribution is 5.85. The van der Waals surface area contributed by atoms with E-state index in [1.54, 1.807) is 0 Å². The van der Waals surface area contributed by atoms with Crippen molar-refractivity contribution in [3.8, 4) is 0 Å². The summed E-state index contributed by atoms with van der Waals surface area (Å²) in [6.45, 7) is 0.480. The standard InChI is InChI=1S/C6H13NO3.ClH/c1-10-6(9)5(8)3-2-4-7;/h5,8H,2-4,7H2,1H3;1H. The Morgan fingerprint density at radius 3 is 2.64 bits per heavy atom. The third-order valence-corrected chi connectivity index (χ3v) is 1.15. The fraction of sp³-hybridized carbons (Fsp3) is 0.833. The van der Waals surface area contributed by atoms with Crippen molar-refractivity contribution in [3.63, 3.8) is 0 Å². The number of nitrogens with two attached hydrogens (primary N) is 1. The van der Waals surface area contributed by atoms with E-state index in [1.165, 1.54) is 7.11 Å². The number of carbonyl (C=O) groups is 1. The Morgan fingerprint density at radius 2 is 2.27 bits per heavy atom. The molecule has 11 heavy (non-hydrogen) atoms. The van der Waals surface area contributed by atoms with Crippen LogP contribution in [0.3, 0.4) is 0 Å². The maximum Gasteiger partial charge on any atom is 0.334 e. The first-order valence-electron chi connectivity index (χ1n) is 3.18. The third kappa shape index (κ3) is 6.09. The molecular weight excluding hydrogens is 170 g/mol. The second-order valence-corrected chi connectivity index (χ2v) is 1.97. The first kappa shape index (κ1) is 13.3. The highest BCUT2D eigenvalue weighted by Gasteiger charge is 2.13. The monoisotopic (exact) mass is 183 g/mol. The summed E-state index contributed by atoms with van der Waals surface area (Å²) in [6.07, 6.45) is 0.00736. The summed E-state index contributed by atoms with van der Waals surface area (Å²) in [4.78, 5) is 10.5. The summed E-state index contributed by atoms with van der Waals surface area (Å²) in [5.41, 5.74) is 5.16. The number of hydrogen-bond donors (Lipinski definition) is 2. The van der Waals surface area contributed by atoms with Gasteiger partial charge in [0.2, 0.25) is 0 Å². The number of esters is 1. The quantitative estimate of drug-likeness (QED) is 0.586. The van der Waals surface area contributed by atoms with Crippen LogP contribution >= 0.6 is 12.4 Å².